The summed E-state index contributed by atoms with van der Waals surface area (Å²) in [6.45, 7) is 7.69. The van der Waals surface area contributed by atoms with Gasteiger partial charge in [-0.3, -0.25) is 0 Å². The maximum absolute atomic E-state index is 16.4. The Morgan fingerprint density at radius 1 is 1.17 bits per heavy atom. The molecule has 2 aromatic heterocycles. The van der Waals surface area contributed by atoms with Crippen LogP contribution in [0.4, 0.5) is 33.5 Å². The van der Waals surface area contributed by atoms with E-state index in [2.05, 4.69) is 30.9 Å². The second kappa shape index (κ2) is 12.1. The molecule has 1 aliphatic heterocycles. The molecule has 3 heterocycles. The highest BCUT2D eigenvalue weighted by Gasteiger charge is 2.39. The summed E-state index contributed by atoms with van der Waals surface area (Å²) < 4.78 is 85.4. The second-order valence-corrected chi connectivity index (χ2v) is 10.1. The summed E-state index contributed by atoms with van der Waals surface area (Å²) in [5.41, 5.74) is 1.11. The van der Waals surface area contributed by atoms with Crippen LogP contribution in [0.2, 0.25) is 0 Å². The summed E-state index contributed by atoms with van der Waals surface area (Å²) in [5.74, 6) is -2.47. The Labute approximate surface area is 234 Å². The van der Waals surface area contributed by atoms with E-state index >= 15 is 4.39 Å². The third-order valence-electron chi connectivity index (χ3n) is 7.02. The fraction of sp³-hybridized carbons (Fsp3) is 0.519. The van der Waals surface area contributed by atoms with Crippen molar-refractivity contribution in [2.45, 2.75) is 64.9 Å². The van der Waals surface area contributed by atoms with Gasteiger partial charge in [-0.15, -0.1) is 0 Å². The minimum atomic E-state index is -5.04. The van der Waals surface area contributed by atoms with E-state index in [1.165, 1.54) is 0 Å². The number of pyridine rings is 1. The van der Waals surface area contributed by atoms with Gasteiger partial charge < -0.3 is 31.2 Å². The molecule has 3 aromatic rings. The first-order valence-electron chi connectivity index (χ1n) is 13.4. The number of halogens is 5. The lowest BCUT2D eigenvalue weighted by Crippen LogP contribution is -2.34. The predicted molar refractivity (Wildman–Crippen MR) is 146 cm³/mol. The number of anilines is 2. The molecule has 0 amide bonds. The fourth-order valence-corrected chi connectivity index (χ4v) is 4.85. The molecule has 1 aromatic carbocycles. The van der Waals surface area contributed by atoms with E-state index in [0.29, 0.717) is 19.5 Å². The van der Waals surface area contributed by atoms with Crippen LogP contribution in [0.15, 0.2) is 6.07 Å². The molecule has 0 aliphatic carbocycles. The zero-order chi connectivity index (χ0) is 30.1. The normalized spacial score (nSPS) is 18.8. The SMILES string of the molecule is CCC(COc1nc2c3c(nc(-c4cc(N)c(F)c(C)c4C(F)(F)F)c(F)c3n1)OC(C)CC(C)NCCN2)NC. The number of nitrogens with zero attached hydrogens (tertiary/aromatic N) is 3. The number of ether oxygens (including phenoxy) is 2. The summed E-state index contributed by atoms with van der Waals surface area (Å²) in [7, 11) is 1.76. The number of alkyl halides is 3. The van der Waals surface area contributed by atoms with Gasteiger partial charge >= 0.3 is 12.2 Å². The molecule has 1 aliphatic rings. The van der Waals surface area contributed by atoms with Crippen LogP contribution in [0, 0.1) is 18.6 Å². The van der Waals surface area contributed by atoms with Crippen molar-refractivity contribution in [2.75, 3.05) is 37.8 Å². The van der Waals surface area contributed by atoms with Crippen molar-refractivity contribution in [2.24, 2.45) is 0 Å². The van der Waals surface area contributed by atoms with E-state index in [4.69, 9.17) is 15.2 Å². The lowest BCUT2D eigenvalue weighted by molar-refractivity contribution is -0.137. The Balaban J connectivity index is 2.03. The number of hydrogen-bond donors (Lipinski definition) is 4. The standard InChI is InChI=1S/C27H34F5N7O2/c1-6-15(34-5)11-40-26-38-23-18-24(39-26)36-8-7-35-12(2)9-13(3)41-25(18)37-22(21(23)29)16-10-17(33)20(28)14(4)19(16)27(30,31)32/h10,12-13,15,34-35H,6-9,11,33H2,1-5H3,(H,36,38,39). The highest BCUT2D eigenvalue weighted by atomic mass is 19.4. The van der Waals surface area contributed by atoms with E-state index in [1.807, 2.05) is 13.8 Å². The molecule has 0 saturated carbocycles. The number of aromatic nitrogens is 3. The molecule has 3 unspecified atom stereocenters. The van der Waals surface area contributed by atoms with Crippen molar-refractivity contribution in [3.63, 3.8) is 0 Å². The maximum atomic E-state index is 16.4. The van der Waals surface area contributed by atoms with Gasteiger partial charge in [0.05, 0.1) is 17.4 Å². The van der Waals surface area contributed by atoms with Gasteiger partial charge in [0, 0.05) is 30.7 Å². The van der Waals surface area contributed by atoms with E-state index in [0.717, 1.165) is 19.4 Å². The number of likely N-dealkylation sites (N-methyl/N-ethyl adjacent to an activating group) is 1. The number of rotatable bonds is 6. The van der Waals surface area contributed by atoms with Gasteiger partial charge in [0.25, 0.3) is 0 Å². The van der Waals surface area contributed by atoms with E-state index < -0.39 is 52.0 Å². The zero-order valence-electron chi connectivity index (χ0n) is 23.5. The molecule has 0 spiro atoms. The molecule has 41 heavy (non-hydrogen) atoms. The summed E-state index contributed by atoms with van der Waals surface area (Å²) in [5, 5.41) is 9.57. The second-order valence-electron chi connectivity index (χ2n) is 10.1. The van der Waals surface area contributed by atoms with Gasteiger partial charge in [0.15, 0.2) is 5.82 Å². The summed E-state index contributed by atoms with van der Waals surface area (Å²) in [4.78, 5) is 12.9. The van der Waals surface area contributed by atoms with Gasteiger partial charge in [-0.1, -0.05) is 6.92 Å². The van der Waals surface area contributed by atoms with Gasteiger partial charge in [0.2, 0.25) is 5.88 Å². The molecule has 3 atom stereocenters. The smallest absolute Gasteiger partial charge is 0.417 e. The number of benzene rings is 1. The van der Waals surface area contributed by atoms with Gasteiger partial charge in [-0.2, -0.15) is 23.1 Å². The van der Waals surface area contributed by atoms with Crippen molar-refractivity contribution < 1.29 is 31.4 Å². The minimum absolute atomic E-state index is 0.0253. The van der Waals surface area contributed by atoms with Gasteiger partial charge in [-0.25, -0.2) is 13.8 Å². The first kappa shape index (κ1) is 30.4. The Morgan fingerprint density at radius 3 is 2.56 bits per heavy atom. The van der Waals surface area contributed by atoms with Crippen LogP contribution in [0.25, 0.3) is 22.2 Å². The van der Waals surface area contributed by atoms with Crippen LogP contribution in [-0.4, -0.2) is 59.9 Å². The number of hydrogen-bond acceptors (Lipinski definition) is 9. The molecule has 0 bridgehead atoms. The van der Waals surface area contributed by atoms with Gasteiger partial charge in [-0.05, 0) is 52.3 Å². The topological polar surface area (TPSA) is 119 Å². The number of nitrogens with one attached hydrogen (secondary N) is 3. The van der Waals surface area contributed by atoms with Crippen LogP contribution in [0.5, 0.6) is 11.9 Å². The molecule has 9 nitrogen and oxygen atoms in total. The molecule has 0 radical (unpaired) electrons. The van der Waals surface area contributed by atoms with Crippen molar-refractivity contribution >= 4 is 22.4 Å². The van der Waals surface area contributed by atoms with E-state index in [-0.39, 0.29) is 47.3 Å². The quantitative estimate of drug-likeness (QED) is 0.239. The first-order chi connectivity index (χ1) is 19.3. The molecule has 4 rings (SSSR count). The fourth-order valence-electron chi connectivity index (χ4n) is 4.85. The zero-order valence-corrected chi connectivity index (χ0v) is 23.5. The molecular weight excluding hydrogens is 549 g/mol. The monoisotopic (exact) mass is 583 g/mol. The van der Waals surface area contributed by atoms with Crippen molar-refractivity contribution in [1.82, 2.24) is 25.6 Å². The highest BCUT2D eigenvalue weighted by Crippen LogP contribution is 2.44. The third kappa shape index (κ3) is 6.38. The summed E-state index contributed by atoms with van der Waals surface area (Å²) >= 11 is 0. The summed E-state index contributed by atoms with van der Waals surface area (Å²) in [6, 6.07) is 0.512. The largest absolute Gasteiger partial charge is 0.474 e. The lowest BCUT2D eigenvalue weighted by atomic mass is 9.96. The van der Waals surface area contributed by atoms with Gasteiger partial charge in [0.1, 0.15) is 34.8 Å². The molecular formula is C27H34F5N7O2. The van der Waals surface area contributed by atoms with Crippen LogP contribution in [0.1, 0.15) is 44.7 Å². The van der Waals surface area contributed by atoms with E-state index in [1.54, 1.807) is 14.0 Å². The third-order valence-corrected chi connectivity index (χ3v) is 7.02. The van der Waals surface area contributed by atoms with Crippen LogP contribution < -0.4 is 31.2 Å². The Morgan fingerprint density at radius 2 is 1.90 bits per heavy atom. The minimum Gasteiger partial charge on any atom is -0.474 e. The Bertz CT molecular complexity index is 1420. The Kier molecular flexibility index (Phi) is 9.02. The van der Waals surface area contributed by atoms with E-state index in [9.17, 15) is 17.6 Å². The molecule has 0 saturated heterocycles. The van der Waals surface area contributed by atoms with Crippen LogP contribution >= 0.6 is 0 Å². The highest BCUT2D eigenvalue weighted by molar-refractivity contribution is 5.96. The maximum Gasteiger partial charge on any atom is 0.417 e. The van der Waals surface area contributed by atoms with Crippen molar-refractivity contribution in [1.29, 1.82) is 0 Å². The first-order valence-corrected chi connectivity index (χ1v) is 13.4. The van der Waals surface area contributed by atoms with Crippen LogP contribution in [-0.2, 0) is 6.18 Å². The Hall–Kier alpha value is -3.52. The average Bonchev–Trinajstić information content (AvgIpc) is 2.92. The lowest BCUT2D eigenvalue weighted by Gasteiger charge is -2.22. The van der Waals surface area contributed by atoms with Crippen molar-refractivity contribution in [3.8, 4) is 23.1 Å². The predicted octanol–water partition coefficient (Wildman–Crippen LogP) is 4.82. The molecule has 14 heteroatoms. The number of nitrogen functional groups attached to an aromatic ring is 1. The molecule has 0 fully saturated rings. The van der Waals surface area contributed by atoms with Crippen molar-refractivity contribution in [3.05, 3.63) is 28.8 Å². The molecule has 5 N–H and O–H groups in total. The average molecular weight is 584 g/mol. The number of nitrogens with two attached hydrogens (primary N) is 1. The van der Waals surface area contributed by atoms with Crippen LogP contribution in [0.3, 0.4) is 0 Å². The molecule has 224 valence electrons. The summed E-state index contributed by atoms with van der Waals surface area (Å²) in [6.07, 6.45) is -4.27.